The van der Waals surface area contributed by atoms with Crippen molar-refractivity contribution in [2.24, 2.45) is 5.10 Å². The molecule has 0 aromatic carbocycles. The molecule has 0 radical (unpaired) electrons. The average molecular weight is 219 g/mol. The third kappa shape index (κ3) is 4.42. The summed E-state index contributed by atoms with van der Waals surface area (Å²) in [5.41, 5.74) is 3.10. The molecule has 0 aliphatic carbocycles. The maximum atomic E-state index is 10.9. The molecule has 84 valence electrons. The Morgan fingerprint density at radius 1 is 1.69 bits per heavy atom. The molecule has 5 heteroatoms. The van der Waals surface area contributed by atoms with E-state index in [1.807, 2.05) is 19.1 Å². The number of carbonyl (C=O) groups excluding carboxylic acids is 1. The van der Waals surface area contributed by atoms with E-state index in [-0.39, 0.29) is 12.3 Å². The van der Waals surface area contributed by atoms with Gasteiger partial charge in [0.1, 0.15) is 12.2 Å². The molecule has 5 nitrogen and oxygen atoms in total. The fourth-order valence-corrected chi connectivity index (χ4v) is 1.08. The zero-order chi connectivity index (χ0) is 11.8. The summed E-state index contributed by atoms with van der Waals surface area (Å²) in [4.78, 5) is 10.9. The van der Waals surface area contributed by atoms with Crippen LogP contribution in [0.4, 0.5) is 0 Å². The lowest BCUT2D eigenvalue weighted by molar-refractivity contribution is -0.120. The van der Waals surface area contributed by atoms with Crippen LogP contribution >= 0.6 is 0 Å². The molecule has 0 unspecified atom stereocenters. The van der Waals surface area contributed by atoms with E-state index in [0.29, 0.717) is 6.42 Å². The summed E-state index contributed by atoms with van der Waals surface area (Å²) in [5.74, 6) is 0.498. The maximum Gasteiger partial charge on any atom is 0.254 e. The number of aryl methyl sites for hydroxylation is 1. The van der Waals surface area contributed by atoms with Crippen LogP contribution < -0.4 is 5.43 Å². The lowest BCUT2D eigenvalue weighted by atomic mass is 10.2. The van der Waals surface area contributed by atoms with E-state index >= 15 is 0 Å². The zero-order valence-corrected chi connectivity index (χ0v) is 9.06. The van der Waals surface area contributed by atoms with Crippen molar-refractivity contribution < 1.29 is 9.21 Å². The summed E-state index contributed by atoms with van der Waals surface area (Å²) in [7, 11) is 0. The highest BCUT2D eigenvalue weighted by Crippen LogP contribution is 2.03. The van der Waals surface area contributed by atoms with Gasteiger partial charge >= 0.3 is 0 Å². The molecule has 0 fully saturated rings. The molecule has 1 amide bonds. The minimum absolute atomic E-state index is 0.172. The largest absolute Gasteiger partial charge is 0.469 e. The van der Waals surface area contributed by atoms with Crippen LogP contribution in [-0.4, -0.2) is 11.6 Å². The van der Waals surface area contributed by atoms with Gasteiger partial charge in [-0.25, -0.2) is 5.43 Å². The van der Waals surface area contributed by atoms with E-state index in [4.69, 9.17) is 9.68 Å². The Balaban J connectivity index is 2.29. The van der Waals surface area contributed by atoms with Gasteiger partial charge in [0.15, 0.2) is 0 Å². The van der Waals surface area contributed by atoms with Crippen LogP contribution in [0, 0.1) is 11.3 Å². The molecular weight excluding hydrogens is 206 g/mol. The predicted molar refractivity (Wildman–Crippen MR) is 58.5 cm³/mol. The molecule has 0 aliphatic heterocycles. The van der Waals surface area contributed by atoms with Crippen molar-refractivity contribution in [2.75, 3.05) is 0 Å². The molecule has 0 spiro atoms. The molecular formula is C11H13N3O2. The van der Waals surface area contributed by atoms with Gasteiger partial charge in [-0.05, 0) is 25.5 Å². The molecule has 0 bridgehead atoms. The lowest BCUT2D eigenvalue weighted by Crippen LogP contribution is -2.18. The first kappa shape index (κ1) is 12.0. The monoisotopic (exact) mass is 219 g/mol. The van der Waals surface area contributed by atoms with E-state index in [1.54, 1.807) is 12.3 Å². The van der Waals surface area contributed by atoms with Crippen LogP contribution in [0.25, 0.3) is 0 Å². The van der Waals surface area contributed by atoms with Crippen molar-refractivity contribution in [3.8, 4) is 6.07 Å². The van der Waals surface area contributed by atoms with E-state index in [9.17, 15) is 4.79 Å². The topological polar surface area (TPSA) is 78.4 Å². The van der Waals surface area contributed by atoms with Crippen LogP contribution in [0.15, 0.2) is 27.9 Å². The second-order valence-electron chi connectivity index (χ2n) is 3.30. The summed E-state index contributed by atoms with van der Waals surface area (Å²) in [6.07, 6.45) is 2.91. The van der Waals surface area contributed by atoms with E-state index < -0.39 is 0 Å². The Morgan fingerprint density at radius 2 is 2.50 bits per heavy atom. The second kappa shape index (κ2) is 6.40. The Labute approximate surface area is 93.7 Å². The van der Waals surface area contributed by atoms with Gasteiger partial charge in [-0.2, -0.15) is 10.4 Å². The van der Waals surface area contributed by atoms with Crippen molar-refractivity contribution >= 4 is 11.6 Å². The standard InChI is InChI=1S/C11H13N3O2/c1-9(13-14-11(15)6-7-12)4-5-10-3-2-8-16-10/h2-3,8H,4-6H2,1H3,(H,14,15)/b13-9+. The third-order valence-electron chi connectivity index (χ3n) is 1.92. The lowest BCUT2D eigenvalue weighted by Gasteiger charge is -1.99. The summed E-state index contributed by atoms with van der Waals surface area (Å²) in [6.45, 7) is 1.82. The Morgan fingerprint density at radius 3 is 3.12 bits per heavy atom. The van der Waals surface area contributed by atoms with Crippen molar-refractivity contribution in [1.29, 1.82) is 5.26 Å². The minimum Gasteiger partial charge on any atom is -0.469 e. The fraction of sp³-hybridized carbons (Fsp3) is 0.364. The number of hydrogen-bond donors (Lipinski definition) is 1. The number of amides is 1. The fourth-order valence-electron chi connectivity index (χ4n) is 1.08. The van der Waals surface area contributed by atoms with Crippen LogP contribution in [0.2, 0.25) is 0 Å². The molecule has 1 N–H and O–H groups in total. The van der Waals surface area contributed by atoms with Crippen molar-refractivity contribution in [2.45, 2.75) is 26.2 Å². The van der Waals surface area contributed by atoms with E-state index in [1.165, 1.54) is 0 Å². The number of nitrogens with one attached hydrogen (secondary N) is 1. The van der Waals surface area contributed by atoms with E-state index in [0.717, 1.165) is 17.9 Å². The average Bonchev–Trinajstić information content (AvgIpc) is 2.77. The first-order valence-corrected chi connectivity index (χ1v) is 4.93. The molecule has 16 heavy (non-hydrogen) atoms. The Hall–Kier alpha value is -2.09. The smallest absolute Gasteiger partial charge is 0.254 e. The minimum atomic E-state index is -0.389. The highest BCUT2D eigenvalue weighted by molar-refractivity contribution is 5.84. The molecule has 1 heterocycles. The Bertz CT molecular complexity index is 401. The first-order valence-electron chi connectivity index (χ1n) is 4.93. The van der Waals surface area contributed by atoms with Gasteiger partial charge in [-0.1, -0.05) is 0 Å². The quantitative estimate of drug-likeness (QED) is 0.603. The van der Waals surface area contributed by atoms with Crippen LogP contribution in [0.1, 0.15) is 25.5 Å². The molecule has 1 aromatic rings. The normalized spacial score (nSPS) is 10.9. The number of hydrogen-bond acceptors (Lipinski definition) is 4. The van der Waals surface area contributed by atoms with Gasteiger partial charge in [-0.3, -0.25) is 4.79 Å². The molecule has 0 saturated carbocycles. The van der Waals surface area contributed by atoms with Gasteiger partial charge in [0.05, 0.1) is 12.3 Å². The summed E-state index contributed by atoms with van der Waals surface area (Å²) < 4.78 is 5.16. The summed E-state index contributed by atoms with van der Waals surface area (Å²) in [5, 5.41) is 12.1. The van der Waals surface area contributed by atoms with Gasteiger partial charge in [0.2, 0.25) is 0 Å². The molecule has 1 aromatic heterocycles. The molecule has 0 atom stereocenters. The van der Waals surface area contributed by atoms with Gasteiger partial charge in [0, 0.05) is 12.1 Å². The summed E-state index contributed by atoms with van der Waals surface area (Å²) in [6, 6.07) is 5.47. The third-order valence-corrected chi connectivity index (χ3v) is 1.92. The van der Waals surface area contributed by atoms with Gasteiger partial charge < -0.3 is 4.42 Å². The highest BCUT2D eigenvalue weighted by Gasteiger charge is 2.00. The Kier molecular flexibility index (Phi) is 4.80. The zero-order valence-electron chi connectivity index (χ0n) is 9.06. The SMILES string of the molecule is C/C(CCc1ccco1)=N\NC(=O)CC#N. The van der Waals surface area contributed by atoms with Crippen molar-refractivity contribution in [3.05, 3.63) is 24.2 Å². The first-order chi connectivity index (χ1) is 7.72. The highest BCUT2D eigenvalue weighted by atomic mass is 16.3. The molecule has 0 saturated heterocycles. The maximum absolute atomic E-state index is 10.9. The molecule has 0 aliphatic rings. The molecule has 1 rings (SSSR count). The number of nitriles is 1. The van der Waals surface area contributed by atoms with Gasteiger partial charge in [-0.15, -0.1) is 0 Å². The number of hydrazone groups is 1. The number of nitrogens with zero attached hydrogens (tertiary/aromatic N) is 2. The van der Waals surface area contributed by atoms with Gasteiger partial charge in [0.25, 0.3) is 5.91 Å². The number of carbonyl (C=O) groups is 1. The summed E-state index contributed by atoms with van der Waals surface area (Å²) >= 11 is 0. The van der Waals surface area contributed by atoms with Crippen molar-refractivity contribution in [1.82, 2.24) is 5.43 Å². The van der Waals surface area contributed by atoms with Crippen molar-refractivity contribution in [3.63, 3.8) is 0 Å². The predicted octanol–water partition coefficient (Wildman–Crippen LogP) is 1.62. The second-order valence-corrected chi connectivity index (χ2v) is 3.30. The van der Waals surface area contributed by atoms with Crippen LogP contribution in [0.3, 0.4) is 0 Å². The number of rotatable bonds is 5. The number of furan rings is 1. The van der Waals surface area contributed by atoms with Crippen LogP contribution in [-0.2, 0) is 11.2 Å². The van der Waals surface area contributed by atoms with E-state index in [2.05, 4.69) is 10.5 Å². The van der Waals surface area contributed by atoms with Crippen LogP contribution in [0.5, 0.6) is 0 Å².